The Morgan fingerprint density at radius 1 is 0.298 bits per heavy atom. The minimum atomic E-state index is 1.13. The molecule has 0 unspecified atom stereocenters. The lowest BCUT2D eigenvalue weighted by Crippen LogP contribution is -2.10. The first-order valence-electron chi connectivity index (χ1n) is 15.9. The third kappa shape index (κ3) is 4.72. The van der Waals surface area contributed by atoms with Crippen molar-refractivity contribution in [3.63, 3.8) is 0 Å². The Morgan fingerprint density at radius 2 is 0.638 bits per heavy atom. The molecule has 0 amide bonds. The van der Waals surface area contributed by atoms with Crippen LogP contribution in [0.15, 0.2) is 182 Å². The molecule has 0 saturated heterocycles. The number of hydrogen-bond donors (Lipinski definition) is 0. The zero-order valence-corrected chi connectivity index (χ0v) is 26.4. The van der Waals surface area contributed by atoms with Crippen LogP contribution in [0.2, 0.25) is 0 Å². The molecule has 9 rings (SSSR count). The predicted molar refractivity (Wildman–Crippen MR) is 204 cm³/mol. The molecule has 1 heterocycles. The second-order valence-corrected chi connectivity index (χ2v) is 12.8. The fourth-order valence-corrected chi connectivity index (χ4v) is 8.00. The number of hydrogen-bond acceptors (Lipinski definition) is 3. The van der Waals surface area contributed by atoms with E-state index in [4.69, 9.17) is 0 Å². The standard InChI is InChI=1S/C44H30N2S/c1-3-17-33(18-4-1)45(41-29-31-15-7-9-21-35(31)37-23-11-13-25-39(37)41)43-27-28-44(47-43)46(34-19-5-2-6-20-34)42-30-32-16-8-10-22-36(32)38-24-12-14-26-40(38)42/h1-30H. The van der Waals surface area contributed by atoms with Crippen molar-refractivity contribution >= 4 is 87.2 Å². The van der Waals surface area contributed by atoms with Gasteiger partial charge in [-0.2, -0.15) is 0 Å². The van der Waals surface area contributed by atoms with Crippen molar-refractivity contribution in [3.8, 4) is 0 Å². The van der Waals surface area contributed by atoms with Gasteiger partial charge in [-0.05, 0) is 80.8 Å². The Morgan fingerprint density at radius 3 is 1.06 bits per heavy atom. The first-order chi connectivity index (χ1) is 23.3. The summed E-state index contributed by atoms with van der Waals surface area (Å²) in [7, 11) is 0. The fraction of sp³-hybridized carbons (Fsp3) is 0. The highest BCUT2D eigenvalue weighted by molar-refractivity contribution is 7.20. The highest BCUT2D eigenvalue weighted by Gasteiger charge is 2.23. The normalized spacial score (nSPS) is 11.4. The summed E-state index contributed by atoms with van der Waals surface area (Å²) >= 11 is 1.81. The molecule has 9 aromatic rings. The first kappa shape index (κ1) is 27.4. The van der Waals surface area contributed by atoms with Gasteiger partial charge in [-0.15, -0.1) is 0 Å². The lowest BCUT2D eigenvalue weighted by Gasteiger charge is -2.27. The van der Waals surface area contributed by atoms with Gasteiger partial charge >= 0.3 is 0 Å². The molecule has 0 saturated carbocycles. The van der Waals surface area contributed by atoms with Crippen molar-refractivity contribution in [2.45, 2.75) is 0 Å². The molecule has 0 atom stereocenters. The van der Waals surface area contributed by atoms with Crippen LogP contribution in [-0.2, 0) is 0 Å². The lowest BCUT2D eigenvalue weighted by molar-refractivity contribution is 1.33. The van der Waals surface area contributed by atoms with E-state index in [2.05, 4.69) is 192 Å². The maximum atomic E-state index is 2.42. The van der Waals surface area contributed by atoms with Crippen molar-refractivity contribution in [1.82, 2.24) is 0 Å². The number of benzene rings is 8. The van der Waals surface area contributed by atoms with Crippen molar-refractivity contribution in [2.75, 3.05) is 9.80 Å². The van der Waals surface area contributed by atoms with Gasteiger partial charge < -0.3 is 9.80 Å². The van der Waals surface area contributed by atoms with E-state index in [1.54, 1.807) is 0 Å². The van der Waals surface area contributed by atoms with Gasteiger partial charge in [0.1, 0.15) is 10.0 Å². The number of thiophene rings is 1. The van der Waals surface area contributed by atoms with Crippen LogP contribution < -0.4 is 9.80 Å². The third-order valence-corrected chi connectivity index (χ3v) is 10.1. The predicted octanol–water partition coefficient (Wildman–Crippen LogP) is 13.3. The SMILES string of the molecule is c1ccc(N(c2ccc(N(c3ccccc3)c3cc4ccccc4c4ccccc34)s2)c2cc3ccccc3c3ccccc23)cc1. The molecule has 0 N–H and O–H groups in total. The van der Waals surface area contributed by atoms with E-state index < -0.39 is 0 Å². The Kier molecular flexibility index (Phi) is 6.69. The molecular formula is C44H30N2S. The molecule has 0 fully saturated rings. The lowest BCUT2D eigenvalue weighted by atomic mass is 9.99. The second-order valence-electron chi connectivity index (χ2n) is 11.8. The van der Waals surface area contributed by atoms with Crippen molar-refractivity contribution in [3.05, 3.63) is 182 Å². The summed E-state index contributed by atoms with van der Waals surface area (Å²) in [6.45, 7) is 0. The highest BCUT2D eigenvalue weighted by atomic mass is 32.1. The molecule has 1 aromatic heterocycles. The van der Waals surface area contributed by atoms with E-state index in [-0.39, 0.29) is 0 Å². The molecule has 2 nitrogen and oxygen atoms in total. The van der Waals surface area contributed by atoms with Crippen LogP contribution >= 0.6 is 11.3 Å². The molecule has 0 aliphatic heterocycles. The Bertz CT molecular complexity index is 2360. The Labute approximate surface area is 278 Å². The zero-order chi connectivity index (χ0) is 31.2. The van der Waals surface area contributed by atoms with Gasteiger partial charge in [-0.1, -0.05) is 145 Å². The summed E-state index contributed by atoms with van der Waals surface area (Å²) in [6, 6.07) is 65.7. The van der Waals surface area contributed by atoms with Crippen molar-refractivity contribution in [1.29, 1.82) is 0 Å². The molecule has 8 aromatic carbocycles. The average molecular weight is 619 g/mol. The summed E-state index contributed by atoms with van der Waals surface area (Å²) in [5.41, 5.74) is 4.59. The van der Waals surface area contributed by atoms with E-state index in [9.17, 15) is 0 Å². The molecule has 0 aliphatic carbocycles. The van der Waals surface area contributed by atoms with Gasteiger partial charge in [-0.3, -0.25) is 0 Å². The zero-order valence-electron chi connectivity index (χ0n) is 25.6. The van der Waals surface area contributed by atoms with Crippen LogP contribution in [0.4, 0.5) is 32.8 Å². The highest BCUT2D eigenvalue weighted by Crippen LogP contribution is 2.49. The van der Waals surface area contributed by atoms with Crippen LogP contribution in [0, 0.1) is 0 Å². The maximum Gasteiger partial charge on any atom is 0.102 e. The molecule has 47 heavy (non-hydrogen) atoms. The van der Waals surface area contributed by atoms with Crippen LogP contribution in [0.3, 0.4) is 0 Å². The quantitative estimate of drug-likeness (QED) is 0.171. The first-order valence-corrected chi connectivity index (χ1v) is 16.8. The van der Waals surface area contributed by atoms with Crippen LogP contribution in [0.25, 0.3) is 43.1 Å². The number of anilines is 6. The molecular weight excluding hydrogens is 589 g/mol. The van der Waals surface area contributed by atoms with Gasteiger partial charge in [0.2, 0.25) is 0 Å². The number of para-hydroxylation sites is 2. The minimum Gasteiger partial charge on any atom is -0.301 e. The van der Waals surface area contributed by atoms with E-state index in [0.717, 1.165) is 21.4 Å². The monoisotopic (exact) mass is 618 g/mol. The summed E-state index contributed by atoms with van der Waals surface area (Å²) in [5, 5.41) is 12.3. The van der Waals surface area contributed by atoms with Crippen molar-refractivity contribution in [2.24, 2.45) is 0 Å². The van der Waals surface area contributed by atoms with E-state index in [1.807, 2.05) is 11.3 Å². The number of nitrogens with zero attached hydrogens (tertiary/aromatic N) is 2. The summed E-state index contributed by atoms with van der Waals surface area (Å²) in [6.07, 6.45) is 0. The van der Waals surface area contributed by atoms with E-state index in [0.29, 0.717) is 0 Å². The summed E-state index contributed by atoms with van der Waals surface area (Å²) in [4.78, 5) is 4.84. The second kappa shape index (κ2) is 11.5. The van der Waals surface area contributed by atoms with Crippen LogP contribution in [0.1, 0.15) is 0 Å². The van der Waals surface area contributed by atoms with E-state index in [1.165, 1.54) is 54.5 Å². The largest absolute Gasteiger partial charge is 0.301 e. The Balaban J connectivity index is 1.28. The van der Waals surface area contributed by atoms with E-state index >= 15 is 0 Å². The molecule has 0 bridgehead atoms. The van der Waals surface area contributed by atoms with Crippen LogP contribution in [0.5, 0.6) is 0 Å². The van der Waals surface area contributed by atoms with Gasteiger partial charge in [0, 0.05) is 22.1 Å². The summed E-state index contributed by atoms with van der Waals surface area (Å²) in [5.74, 6) is 0. The summed E-state index contributed by atoms with van der Waals surface area (Å²) < 4.78 is 0. The van der Waals surface area contributed by atoms with Crippen LogP contribution in [-0.4, -0.2) is 0 Å². The average Bonchev–Trinajstić information content (AvgIpc) is 3.62. The minimum absolute atomic E-state index is 1.13. The third-order valence-electron chi connectivity index (χ3n) is 9.02. The Hall–Kier alpha value is -5.90. The maximum absolute atomic E-state index is 2.42. The molecule has 0 aliphatic rings. The fourth-order valence-electron chi connectivity index (χ4n) is 6.92. The van der Waals surface area contributed by atoms with Gasteiger partial charge in [0.15, 0.2) is 0 Å². The molecule has 0 spiro atoms. The van der Waals surface area contributed by atoms with Crippen molar-refractivity contribution < 1.29 is 0 Å². The van der Waals surface area contributed by atoms with Gasteiger partial charge in [0.25, 0.3) is 0 Å². The topological polar surface area (TPSA) is 6.48 Å². The van der Waals surface area contributed by atoms with Gasteiger partial charge in [0.05, 0.1) is 11.4 Å². The smallest absolute Gasteiger partial charge is 0.102 e. The molecule has 3 heteroatoms. The molecule has 0 radical (unpaired) electrons. The number of fused-ring (bicyclic) bond motifs is 6. The van der Waals surface area contributed by atoms with Gasteiger partial charge in [-0.25, -0.2) is 0 Å². The number of rotatable bonds is 6. The molecule has 222 valence electrons.